The van der Waals surface area contributed by atoms with E-state index in [1.165, 1.54) is 17.0 Å². The van der Waals surface area contributed by atoms with Crippen molar-refractivity contribution < 1.29 is 18.0 Å². The quantitative estimate of drug-likeness (QED) is 0.275. The number of hydrogen-bond acceptors (Lipinski definition) is 4. The Balaban J connectivity index is 1.75. The van der Waals surface area contributed by atoms with Crippen molar-refractivity contribution in [2.75, 3.05) is 10.8 Å². The van der Waals surface area contributed by atoms with Crippen LogP contribution in [0.15, 0.2) is 71.6 Å². The molecule has 2 amide bonds. The van der Waals surface area contributed by atoms with Crippen LogP contribution in [0.3, 0.4) is 0 Å². The van der Waals surface area contributed by atoms with Gasteiger partial charge < -0.3 is 10.2 Å². The van der Waals surface area contributed by atoms with E-state index in [1.807, 2.05) is 45.0 Å². The van der Waals surface area contributed by atoms with Gasteiger partial charge in [-0.3, -0.25) is 13.9 Å². The predicted molar refractivity (Wildman–Crippen MR) is 168 cm³/mol. The van der Waals surface area contributed by atoms with Gasteiger partial charge in [-0.25, -0.2) is 8.42 Å². The lowest BCUT2D eigenvalue weighted by Gasteiger charge is -2.34. The maximum atomic E-state index is 14.3. The van der Waals surface area contributed by atoms with Gasteiger partial charge in [0.25, 0.3) is 10.0 Å². The lowest BCUT2D eigenvalue weighted by atomic mass is 10.1. The SMILES string of the molecule is CC[C@H](C(=O)NC1CCCC1)N(Cc1cccc(C)c1)C(=O)CN(c1cc(Cl)ccc1C)S(=O)(=O)c1ccc(C)cc1. The number of hydrogen-bond donors (Lipinski definition) is 1. The second kappa shape index (κ2) is 13.7. The Hall–Kier alpha value is -3.36. The zero-order chi connectivity index (χ0) is 30.4. The second-order valence-electron chi connectivity index (χ2n) is 11.2. The Morgan fingerprint density at radius 1 is 0.952 bits per heavy atom. The Morgan fingerprint density at radius 3 is 2.29 bits per heavy atom. The maximum absolute atomic E-state index is 14.3. The Kier molecular flexibility index (Phi) is 10.3. The van der Waals surface area contributed by atoms with Gasteiger partial charge in [0.15, 0.2) is 0 Å². The van der Waals surface area contributed by atoms with Crippen molar-refractivity contribution in [1.29, 1.82) is 0 Å². The van der Waals surface area contributed by atoms with Crippen LogP contribution in [-0.4, -0.2) is 43.8 Å². The topological polar surface area (TPSA) is 86.8 Å². The summed E-state index contributed by atoms with van der Waals surface area (Å²) >= 11 is 6.32. The van der Waals surface area contributed by atoms with Gasteiger partial charge in [0, 0.05) is 17.6 Å². The number of sulfonamides is 1. The number of amides is 2. The fourth-order valence-electron chi connectivity index (χ4n) is 5.50. The molecule has 3 aromatic rings. The molecule has 0 spiro atoms. The van der Waals surface area contributed by atoms with E-state index < -0.39 is 28.5 Å². The second-order valence-corrected chi connectivity index (χ2v) is 13.5. The number of anilines is 1. The number of benzene rings is 3. The monoisotopic (exact) mass is 609 g/mol. The number of rotatable bonds is 11. The molecule has 1 fully saturated rings. The van der Waals surface area contributed by atoms with Crippen molar-refractivity contribution in [3.63, 3.8) is 0 Å². The molecule has 7 nitrogen and oxygen atoms in total. The summed E-state index contributed by atoms with van der Waals surface area (Å²) in [6, 6.07) is 18.6. The molecule has 1 aliphatic carbocycles. The number of nitrogens with one attached hydrogen (secondary N) is 1. The first kappa shape index (κ1) is 31.6. The van der Waals surface area contributed by atoms with Gasteiger partial charge in [-0.15, -0.1) is 0 Å². The van der Waals surface area contributed by atoms with Gasteiger partial charge in [0.2, 0.25) is 11.8 Å². The number of carbonyl (C=O) groups is 2. The van der Waals surface area contributed by atoms with Crippen LogP contribution < -0.4 is 9.62 Å². The van der Waals surface area contributed by atoms with Crippen LogP contribution in [0.5, 0.6) is 0 Å². The van der Waals surface area contributed by atoms with Gasteiger partial charge in [0.1, 0.15) is 12.6 Å². The van der Waals surface area contributed by atoms with E-state index >= 15 is 0 Å². The Labute approximate surface area is 254 Å². The molecule has 0 aromatic heterocycles. The van der Waals surface area contributed by atoms with Crippen molar-refractivity contribution in [3.05, 3.63) is 94.0 Å². The highest BCUT2D eigenvalue weighted by molar-refractivity contribution is 7.92. The third-order valence-electron chi connectivity index (χ3n) is 7.85. The number of aryl methyl sites for hydroxylation is 3. The summed E-state index contributed by atoms with van der Waals surface area (Å²) in [7, 11) is -4.16. The van der Waals surface area contributed by atoms with Gasteiger partial charge in [-0.05, 0) is 75.4 Å². The summed E-state index contributed by atoms with van der Waals surface area (Å²) < 4.78 is 29.3. The third-order valence-corrected chi connectivity index (χ3v) is 9.86. The van der Waals surface area contributed by atoms with E-state index in [4.69, 9.17) is 11.6 Å². The van der Waals surface area contributed by atoms with Crippen molar-refractivity contribution in [1.82, 2.24) is 10.2 Å². The van der Waals surface area contributed by atoms with E-state index in [0.717, 1.165) is 46.7 Å². The first-order valence-electron chi connectivity index (χ1n) is 14.5. The van der Waals surface area contributed by atoms with Crippen molar-refractivity contribution >= 4 is 39.1 Å². The van der Waals surface area contributed by atoms with Crippen LogP contribution in [0.2, 0.25) is 5.02 Å². The summed E-state index contributed by atoms with van der Waals surface area (Å²) in [6.07, 6.45) is 4.36. The molecule has 3 aromatic carbocycles. The minimum absolute atomic E-state index is 0.0662. The Morgan fingerprint density at radius 2 is 1.64 bits per heavy atom. The minimum atomic E-state index is -4.16. The van der Waals surface area contributed by atoms with Gasteiger partial charge in [0.05, 0.1) is 10.6 Å². The number of halogens is 1. The van der Waals surface area contributed by atoms with Crippen molar-refractivity contribution in [3.8, 4) is 0 Å². The number of nitrogens with zero attached hydrogens (tertiary/aromatic N) is 2. The van der Waals surface area contributed by atoms with Crippen LogP contribution in [0.25, 0.3) is 0 Å². The fourth-order valence-corrected chi connectivity index (χ4v) is 7.13. The van der Waals surface area contributed by atoms with Crippen molar-refractivity contribution in [2.24, 2.45) is 0 Å². The van der Waals surface area contributed by atoms with E-state index in [9.17, 15) is 18.0 Å². The van der Waals surface area contributed by atoms with Crippen LogP contribution >= 0.6 is 11.6 Å². The zero-order valence-corrected chi connectivity index (χ0v) is 26.3. The largest absolute Gasteiger partial charge is 0.352 e. The van der Waals surface area contributed by atoms with E-state index in [2.05, 4.69) is 5.32 Å². The fraction of sp³-hybridized carbons (Fsp3) is 0.394. The van der Waals surface area contributed by atoms with Crippen LogP contribution in [0.4, 0.5) is 5.69 Å². The third kappa shape index (κ3) is 7.53. The first-order chi connectivity index (χ1) is 20.0. The highest BCUT2D eigenvalue weighted by Gasteiger charge is 2.35. The summed E-state index contributed by atoms with van der Waals surface area (Å²) in [6.45, 7) is 7.18. The van der Waals surface area contributed by atoms with Crippen molar-refractivity contribution in [2.45, 2.75) is 83.3 Å². The Bertz CT molecular complexity index is 1520. The highest BCUT2D eigenvalue weighted by atomic mass is 35.5. The highest BCUT2D eigenvalue weighted by Crippen LogP contribution is 2.30. The lowest BCUT2D eigenvalue weighted by molar-refractivity contribution is -0.140. The molecule has 1 aliphatic rings. The average Bonchev–Trinajstić information content (AvgIpc) is 3.46. The van der Waals surface area contributed by atoms with Gasteiger partial charge in [-0.2, -0.15) is 0 Å². The van der Waals surface area contributed by atoms with Gasteiger partial charge >= 0.3 is 0 Å². The molecular formula is C33H40ClN3O4S. The molecule has 0 saturated heterocycles. The molecule has 4 rings (SSSR count). The number of carbonyl (C=O) groups excluding carboxylic acids is 2. The maximum Gasteiger partial charge on any atom is 0.264 e. The molecule has 0 heterocycles. The summed E-state index contributed by atoms with van der Waals surface area (Å²) in [4.78, 5) is 29.5. The average molecular weight is 610 g/mol. The smallest absolute Gasteiger partial charge is 0.264 e. The summed E-state index contributed by atoms with van der Waals surface area (Å²) in [5, 5.41) is 3.50. The first-order valence-corrected chi connectivity index (χ1v) is 16.3. The molecular weight excluding hydrogens is 570 g/mol. The van der Waals surface area contributed by atoms with Crippen LogP contribution in [0.1, 0.15) is 61.3 Å². The molecule has 9 heteroatoms. The molecule has 1 atom stereocenters. The summed E-state index contributed by atoms with van der Waals surface area (Å²) in [5.74, 6) is -0.683. The molecule has 1 saturated carbocycles. The van der Waals surface area contributed by atoms with Gasteiger partial charge in [-0.1, -0.05) is 85.0 Å². The zero-order valence-electron chi connectivity index (χ0n) is 24.8. The molecule has 1 N–H and O–H groups in total. The molecule has 0 unspecified atom stereocenters. The lowest BCUT2D eigenvalue weighted by Crippen LogP contribution is -2.53. The summed E-state index contributed by atoms with van der Waals surface area (Å²) in [5.41, 5.74) is 3.78. The molecule has 224 valence electrons. The molecule has 0 bridgehead atoms. The van der Waals surface area contributed by atoms with E-state index in [1.54, 1.807) is 37.3 Å². The standard InChI is InChI=1S/C33H40ClN3O4S/c1-5-30(33(39)35-28-11-6-7-12-28)36(21-26-10-8-9-24(3)19-26)32(38)22-37(31-20-27(34)16-15-25(31)4)42(40,41)29-17-13-23(2)14-18-29/h8-10,13-20,28,30H,5-7,11-12,21-22H2,1-4H3,(H,35,39)/t30-/m1/s1. The predicted octanol–water partition coefficient (Wildman–Crippen LogP) is 6.33. The molecule has 42 heavy (non-hydrogen) atoms. The minimum Gasteiger partial charge on any atom is -0.352 e. The van der Waals surface area contributed by atoms with E-state index in [-0.39, 0.29) is 23.4 Å². The molecule has 0 radical (unpaired) electrons. The normalized spacial score (nSPS) is 14.4. The van der Waals surface area contributed by atoms with Crippen LogP contribution in [0, 0.1) is 20.8 Å². The molecule has 0 aliphatic heterocycles. The van der Waals surface area contributed by atoms with Crippen LogP contribution in [-0.2, 0) is 26.2 Å². The van der Waals surface area contributed by atoms with E-state index in [0.29, 0.717) is 22.7 Å².